The van der Waals surface area contributed by atoms with Gasteiger partial charge in [0.05, 0.1) is 5.52 Å². The number of hydrogen-bond acceptors (Lipinski definition) is 5. The first-order valence-corrected chi connectivity index (χ1v) is 9.07. The van der Waals surface area contributed by atoms with E-state index in [2.05, 4.69) is 11.9 Å². The average Bonchev–Trinajstić information content (AvgIpc) is 2.62. The second-order valence-corrected chi connectivity index (χ2v) is 6.13. The maximum Gasteiger partial charge on any atom is 0.308 e. The third-order valence-electron chi connectivity index (χ3n) is 3.80. The van der Waals surface area contributed by atoms with Crippen LogP contribution in [0.3, 0.4) is 0 Å². The van der Waals surface area contributed by atoms with Crippen LogP contribution in [-0.4, -0.2) is 23.0 Å². The Morgan fingerprint density at radius 2 is 1.93 bits per heavy atom. The second-order valence-electron chi connectivity index (χ2n) is 6.13. The largest absolute Gasteiger partial charge is 0.458 e. The summed E-state index contributed by atoms with van der Waals surface area (Å²) >= 11 is 0. The first kappa shape index (κ1) is 20.4. The molecule has 2 rings (SSSR count). The zero-order valence-electron chi connectivity index (χ0n) is 16.0. The van der Waals surface area contributed by atoms with Crippen molar-refractivity contribution in [2.24, 2.45) is 0 Å². The number of allylic oxidation sites excluding steroid dienone is 3. The molecule has 0 saturated carbocycles. The summed E-state index contributed by atoms with van der Waals surface area (Å²) in [6.07, 6.45) is 9.48. The third kappa shape index (κ3) is 6.70. The zero-order valence-corrected chi connectivity index (χ0v) is 16.0. The number of pyridine rings is 1. The lowest BCUT2D eigenvalue weighted by atomic mass is 10.1. The molecule has 0 amide bonds. The molecular weight excluding hydrogens is 342 g/mol. The van der Waals surface area contributed by atoms with Gasteiger partial charge in [0.2, 0.25) is 0 Å². The van der Waals surface area contributed by atoms with Crippen molar-refractivity contribution in [3.05, 3.63) is 60.3 Å². The molecule has 0 radical (unpaired) electrons. The molecular formula is C22H25NO4. The number of carbonyl (C=O) groups is 2. The standard InChI is InChI=1S/C22H25NO4/c1-4-5-6-7-10-19(26-16(2)24)14-13-18-15-22(27-17(3)25)20-11-8-9-12-21(20)23-18/h5-12,15,19H,4,13-14H2,1-3H3/b6-5-,10-7+. The number of carbonyl (C=O) groups excluding carboxylic acids is 2. The van der Waals surface area contributed by atoms with Crippen molar-refractivity contribution in [2.45, 2.75) is 46.1 Å². The van der Waals surface area contributed by atoms with Gasteiger partial charge in [0, 0.05) is 31.0 Å². The Kier molecular flexibility index (Phi) is 7.74. The van der Waals surface area contributed by atoms with Crippen LogP contribution in [0.2, 0.25) is 0 Å². The van der Waals surface area contributed by atoms with Crippen molar-refractivity contribution in [1.29, 1.82) is 0 Å². The Bertz CT molecular complexity index is 855. The average molecular weight is 367 g/mol. The molecule has 0 bridgehead atoms. The van der Waals surface area contributed by atoms with Crippen molar-refractivity contribution >= 4 is 22.8 Å². The SMILES string of the molecule is CC/C=C\C=C\C(CCc1cc(OC(C)=O)c2ccccc2n1)OC(C)=O. The maximum atomic E-state index is 11.4. The Morgan fingerprint density at radius 3 is 2.63 bits per heavy atom. The Labute approximate surface area is 159 Å². The molecule has 1 aromatic carbocycles. The highest BCUT2D eigenvalue weighted by Crippen LogP contribution is 2.26. The van der Waals surface area contributed by atoms with Crippen LogP contribution in [0.1, 0.15) is 39.3 Å². The number of ether oxygens (including phenoxy) is 2. The monoisotopic (exact) mass is 367 g/mol. The fourth-order valence-corrected chi connectivity index (χ4v) is 2.66. The van der Waals surface area contributed by atoms with Crippen LogP contribution in [0.4, 0.5) is 0 Å². The van der Waals surface area contributed by atoms with Crippen molar-refractivity contribution < 1.29 is 19.1 Å². The number of para-hydroxylation sites is 1. The van der Waals surface area contributed by atoms with E-state index in [1.54, 1.807) is 6.07 Å². The number of aryl methyl sites for hydroxylation is 1. The lowest BCUT2D eigenvalue weighted by Crippen LogP contribution is -2.15. The first-order chi connectivity index (χ1) is 13.0. The lowest BCUT2D eigenvalue weighted by Gasteiger charge is -2.14. The van der Waals surface area contributed by atoms with E-state index in [-0.39, 0.29) is 18.0 Å². The van der Waals surface area contributed by atoms with Gasteiger partial charge >= 0.3 is 11.9 Å². The summed E-state index contributed by atoms with van der Waals surface area (Å²) in [6.45, 7) is 4.83. The summed E-state index contributed by atoms with van der Waals surface area (Å²) in [5.41, 5.74) is 1.54. The zero-order chi connectivity index (χ0) is 19.6. The first-order valence-electron chi connectivity index (χ1n) is 9.07. The van der Waals surface area contributed by atoms with Crippen LogP contribution < -0.4 is 4.74 Å². The van der Waals surface area contributed by atoms with Gasteiger partial charge in [-0.3, -0.25) is 14.6 Å². The molecule has 27 heavy (non-hydrogen) atoms. The summed E-state index contributed by atoms with van der Waals surface area (Å²) in [5.74, 6) is -0.203. The predicted molar refractivity (Wildman–Crippen MR) is 105 cm³/mol. The van der Waals surface area contributed by atoms with E-state index < -0.39 is 0 Å². The van der Waals surface area contributed by atoms with E-state index in [0.717, 1.165) is 23.0 Å². The molecule has 1 atom stereocenters. The van der Waals surface area contributed by atoms with Crippen LogP contribution in [0, 0.1) is 0 Å². The van der Waals surface area contributed by atoms with Crippen molar-refractivity contribution in [2.75, 3.05) is 0 Å². The molecule has 0 aliphatic carbocycles. The summed E-state index contributed by atoms with van der Waals surface area (Å²) in [6, 6.07) is 9.29. The van der Waals surface area contributed by atoms with Crippen LogP contribution in [0.5, 0.6) is 5.75 Å². The van der Waals surface area contributed by atoms with Gasteiger partial charge in [-0.05, 0) is 37.5 Å². The number of benzene rings is 1. The summed E-state index contributed by atoms with van der Waals surface area (Å²) < 4.78 is 10.7. The maximum absolute atomic E-state index is 11.4. The molecule has 0 fully saturated rings. The van der Waals surface area contributed by atoms with E-state index in [0.29, 0.717) is 18.6 Å². The summed E-state index contributed by atoms with van der Waals surface area (Å²) in [7, 11) is 0. The second kappa shape index (κ2) is 10.3. The van der Waals surface area contributed by atoms with Gasteiger partial charge in [-0.1, -0.05) is 37.3 Å². The number of fused-ring (bicyclic) bond motifs is 1. The molecule has 5 heteroatoms. The van der Waals surface area contributed by atoms with Gasteiger partial charge in [-0.25, -0.2) is 0 Å². The van der Waals surface area contributed by atoms with E-state index in [9.17, 15) is 9.59 Å². The quantitative estimate of drug-likeness (QED) is 0.506. The molecule has 142 valence electrons. The van der Waals surface area contributed by atoms with Crippen molar-refractivity contribution in [3.8, 4) is 5.75 Å². The van der Waals surface area contributed by atoms with E-state index >= 15 is 0 Å². The topological polar surface area (TPSA) is 65.5 Å². The molecule has 0 aliphatic rings. The van der Waals surface area contributed by atoms with Crippen LogP contribution in [0.15, 0.2) is 54.6 Å². The van der Waals surface area contributed by atoms with Crippen LogP contribution in [0.25, 0.3) is 10.9 Å². The lowest BCUT2D eigenvalue weighted by molar-refractivity contribution is -0.144. The third-order valence-corrected chi connectivity index (χ3v) is 3.80. The molecule has 5 nitrogen and oxygen atoms in total. The summed E-state index contributed by atoms with van der Waals surface area (Å²) in [5, 5.41) is 0.789. The Morgan fingerprint density at radius 1 is 1.15 bits per heavy atom. The van der Waals surface area contributed by atoms with Gasteiger partial charge in [-0.15, -0.1) is 0 Å². The molecule has 0 spiro atoms. The molecule has 2 aromatic rings. The predicted octanol–water partition coefficient (Wildman–Crippen LogP) is 4.55. The molecule has 0 saturated heterocycles. The molecule has 1 heterocycles. The summed E-state index contributed by atoms with van der Waals surface area (Å²) in [4.78, 5) is 27.4. The minimum atomic E-state index is -0.374. The number of esters is 2. The number of nitrogens with zero attached hydrogens (tertiary/aromatic N) is 1. The normalized spacial score (nSPS) is 12.6. The smallest absolute Gasteiger partial charge is 0.308 e. The molecule has 1 aromatic heterocycles. The van der Waals surface area contributed by atoms with Crippen molar-refractivity contribution in [1.82, 2.24) is 4.98 Å². The highest BCUT2D eigenvalue weighted by Gasteiger charge is 2.12. The van der Waals surface area contributed by atoms with E-state index in [1.807, 2.05) is 48.6 Å². The van der Waals surface area contributed by atoms with Crippen LogP contribution >= 0.6 is 0 Å². The van der Waals surface area contributed by atoms with E-state index in [4.69, 9.17) is 9.47 Å². The number of hydrogen-bond donors (Lipinski definition) is 0. The molecule has 0 N–H and O–H groups in total. The van der Waals surface area contributed by atoms with E-state index in [1.165, 1.54) is 13.8 Å². The number of rotatable bonds is 8. The van der Waals surface area contributed by atoms with Gasteiger partial charge in [0.25, 0.3) is 0 Å². The van der Waals surface area contributed by atoms with Crippen molar-refractivity contribution in [3.63, 3.8) is 0 Å². The van der Waals surface area contributed by atoms with Gasteiger partial charge in [0.1, 0.15) is 11.9 Å². The van der Waals surface area contributed by atoms with Gasteiger partial charge < -0.3 is 9.47 Å². The molecule has 0 aliphatic heterocycles. The fourth-order valence-electron chi connectivity index (χ4n) is 2.66. The fraction of sp³-hybridized carbons (Fsp3) is 0.318. The highest BCUT2D eigenvalue weighted by molar-refractivity contribution is 5.87. The van der Waals surface area contributed by atoms with Crippen LogP contribution in [-0.2, 0) is 20.7 Å². The van der Waals surface area contributed by atoms with Gasteiger partial charge in [-0.2, -0.15) is 0 Å². The minimum Gasteiger partial charge on any atom is -0.458 e. The number of aromatic nitrogens is 1. The molecule has 1 unspecified atom stereocenters. The Hall–Kier alpha value is -2.95. The van der Waals surface area contributed by atoms with Gasteiger partial charge in [0.15, 0.2) is 0 Å². The Balaban J connectivity index is 2.19. The minimum absolute atomic E-state index is 0.323. The highest BCUT2D eigenvalue weighted by atomic mass is 16.5.